The fourth-order valence-electron chi connectivity index (χ4n) is 2.28. The van der Waals surface area contributed by atoms with Gasteiger partial charge in [0.25, 0.3) is 0 Å². The third-order valence-electron chi connectivity index (χ3n) is 3.47. The average molecular weight is 426 g/mol. The number of halogens is 3. The molecule has 0 aliphatic carbocycles. The molecule has 2 aromatic carbocycles. The maximum absolute atomic E-state index is 11.5. The predicted octanol–water partition coefficient (Wildman–Crippen LogP) is 5.37. The Labute approximate surface area is 156 Å². The molecule has 0 fully saturated rings. The van der Waals surface area contributed by atoms with Crippen molar-refractivity contribution < 1.29 is 9.90 Å². The van der Waals surface area contributed by atoms with Gasteiger partial charge >= 0.3 is 5.97 Å². The van der Waals surface area contributed by atoms with Crippen LogP contribution in [0.3, 0.4) is 0 Å². The maximum atomic E-state index is 11.5. The van der Waals surface area contributed by atoms with Crippen LogP contribution in [0.25, 0.3) is 11.3 Å². The van der Waals surface area contributed by atoms with Crippen LogP contribution in [-0.2, 0) is 6.54 Å². The molecule has 0 spiro atoms. The zero-order chi connectivity index (χ0) is 17.3. The van der Waals surface area contributed by atoms with Gasteiger partial charge in [0.05, 0.1) is 12.2 Å². The minimum atomic E-state index is -1.05. The van der Waals surface area contributed by atoms with Gasteiger partial charge in [0, 0.05) is 20.1 Å². The van der Waals surface area contributed by atoms with Crippen molar-refractivity contribution in [3.8, 4) is 11.3 Å². The summed E-state index contributed by atoms with van der Waals surface area (Å²) in [6.07, 6.45) is 0. The molecule has 0 unspecified atom stereocenters. The smallest absolute Gasteiger partial charge is 0.354 e. The molecule has 1 aromatic heterocycles. The van der Waals surface area contributed by atoms with Gasteiger partial charge in [-0.25, -0.2) is 4.79 Å². The molecule has 0 aliphatic heterocycles. The Kier molecular flexibility index (Phi) is 4.94. The molecule has 3 aromatic rings. The molecule has 0 bridgehead atoms. The summed E-state index contributed by atoms with van der Waals surface area (Å²) in [6.45, 7) is 0.244. The molecule has 0 aliphatic rings. The Morgan fingerprint density at radius 1 is 1.12 bits per heavy atom. The topological polar surface area (TPSA) is 55.1 Å². The molecule has 0 atom stereocenters. The zero-order valence-corrected chi connectivity index (χ0v) is 15.3. The third kappa shape index (κ3) is 3.64. The number of hydrogen-bond acceptors (Lipinski definition) is 2. The molecule has 122 valence electrons. The van der Waals surface area contributed by atoms with Gasteiger partial charge in [0.15, 0.2) is 0 Å². The summed E-state index contributed by atoms with van der Waals surface area (Å²) < 4.78 is 2.37. The largest absolute Gasteiger partial charge is 0.477 e. The molecule has 1 heterocycles. The molecule has 7 heteroatoms. The number of nitrogens with zero attached hydrogens (tertiary/aromatic N) is 2. The van der Waals surface area contributed by atoms with Crippen LogP contribution >= 0.6 is 39.1 Å². The predicted molar refractivity (Wildman–Crippen MR) is 97.9 cm³/mol. The van der Waals surface area contributed by atoms with Crippen LogP contribution in [0.15, 0.2) is 53.0 Å². The van der Waals surface area contributed by atoms with Gasteiger partial charge in [-0.15, -0.1) is 0 Å². The molecule has 0 amide bonds. The second-order valence-electron chi connectivity index (χ2n) is 5.12. The summed E-state index contributed by atoms with van der Waals surface area (Å²) in [4.78, 5) is 11.5. The number of aromatic carboxylic acids is 1. The Balaban J connectivity index is 2.00. The SMILES string of the molecule is O=C(O)c1cc(-c2ccc(Br)cc2)nn1Cc1ccc(Cl)cc1Cl. The highest BCUT2D eigenvalue weighted by molar-refractivity contribution is 9.10. The van der Waals surface area contributed by atoms with Gasteiger partial charge in [0.1, 0.15) is 5.69 Å². The van der Waals surface area contributed by atoms with E-state index in [4.69, 9.17) is 23.2 Å². The van der Waals surface area contributed by atoms with E-state index in [1.807, 2.05) is 24.3 Å². The first-order valence-corrected chi connectivity index (χ1v) is 8.50. The Bertz CT molecular complexity index is 907. The third-order valence-corrected chi connectivity index (χ3v) is 4.59. The highest BCUT2D eigenvalue weighted by Gasteiger charge is 2.16. The number of carboxylic acids is 1. The fourth-order valence-corrected chi connectivity index (χ4v) is 3.02. The van der Waals surface area contributed by atoms with E-state index in [0.29, 0.717) is 15.7 Å². The second kappa shape index (κ2) is 6.97. The van der Waals surface area contributed by atoms with Crippen LogP contribution in [0.5, 0.6) is 0 Å². The molecule has 3 rings (SSSR count). The number of carboxylic acid groups (broad SMARTS) is 1. The Morgan fingerprint density at radius 2 is 1.83 bits per heavy atom. The van der Waals surface area contributed by atoms with Crippen molar-refractivity contribution >= 4 is 45.1 Å². The van der Waals surface area contributed by atoms with Crippen molar-refractivity contribution in [1.82, 2.24) is 9.78 Å². The van der Waals surface area contributed by atoms with Gasteiger partial charge in [-0.05, 0) is 35.9 Å². The molecule has 0 saturated heterocycles. The summed E-state index contributed by atoms with van der Waals surface area (Å²) >= 11 is 15.4. The molecule has 0 radical (unpaired) electrons. The monoisotopic (exact) mass is 424 g/mol. The van der Waals surface area contributed by atoms with Crippen molar-refractivity contribution in [1.29, 1.82) is 0 Å². The highest BCUT2D eigenvalue weighted by Crippen LogP contribution is 2.25. The van der Waals surface area contributed by atoms with E-state index in [0.717, 1.165) is 15.6 Å². The van der Waals surface area contributed by atoms with E-state index in [-0.39, 0.29) is 12.2 Å². The van der Waals surface area contributed by atoms with E-state index >= 15 is 0 Å². The van der Waals surface area contributed by atoms with E-state index in [1.54, 1.807) is 24.3 Å². The lowest BCUT2D eigenvalue weighted by Gasteiger charge is -2.07. The van der Waals surface area contributed by atoms with E-state index in [2.05, 4.69) is 21.0 Å². The van der Waals surface area contributed by atoms with Crippen molar-refractivity contribution in [3.05, 3.63) is 74.3 Å². The summed E-state index contributed by atoms with van der Waals surface area (Å²) in [6, 6.07) is 14.2. The zero-order valence-electron chi connectivity index (χ0n) is 12.2. The number of aromatic nitrogens is 2. The molecule has 0 saturated carbocycles. The van der Waals surface area contributed by atoms with Crippen molar-refractivity contribution in [3.63, 3.8) is 0 Å². The number of hydrogen-bond donors (Lipinski definition) is 1. The van der Waals surface area contributed by atoms with Crippen molar-refractivity contribution in [2.45, 2.75) is 6.54 Å². The quantitative estimate of drug-likeness (QED) is 0.611. The van der Waals surface area contributed by atoms with Crippen LogP contribution in [-0.4, -0.2) is 20.9 Å². The number of carbonyl (C=O) groups is 1. The Morgan fingerprint density at radius 3 is 2.46 bits per heavy atom. The second-order valence-corrected chi connectivity index (χ2v) is 6.88. The first kappa shape index (κ1) is 17.0. The van der Waals surface area contributed by atoms with Gasteiger partial charge in [-0.3, -0.25) is 4.68 Å². The average Bonchev–Trinajstić information content (AvgIpc) is 2.95. The fraction of sp³-hybridized carbons (Fsp3) is 0.0588. The number of rotatable bonds is 4. The van der Waals surface area contributed by atoms with Gasteiger partial charge in [-0.2, -0.15) is 5.10 Å². The van der Waals surface area contributed by atoms with Crippen molar-refractivity contribution in [2.24, 2.45) is 0 Å². The van der Waals surface area contributed by atoms with Crippen LogP contribution in [0.2, 0.25) is 10.0 Å². The van der Waals surface area contributed by atoms with E-state index in [9.17, 15) is 9.90 Å². The lowest BCUT2D eigenvalue weighted by Crippen LogP contribution is -2.11. The standard InChI is InChI=1S/C17H11BrCl2N2O2/c18-12-4-1-10(2-5-12)15-8-16(17(23)24)22(21-15)9-11-3-6-13(19)7-14(11)20/h1-8H,9H2,(H,23,24). The number of benzene rings is 2. The van der Waals surface area contributed by atoms with Crippen LogP contribution in [0, 0.1) is 0 Å². The summed E-state index contributed by atoms with van der Waals surface area (Å²) in [5.74, 6) is -1.05. The van der Waals surface area contributed by atoms with Gasteiger partial charge < -0.3 is 5.11 Å². The normalized spacial score (nSPS) is 10.8. The van der Waals surface area contributed by atoms with Crippen LogP contribution < -0.4 is 0 Å². The lowest BCUT2D eigenvalue weighted by atomic mass is 10.1. The van der Waals surface area contributed by atoms with Gasteiger partial charge in [-0.1, -0.05) is 57.3 Å². The van der Waals surface area contributed by atoms with E-state index in [1.165, 1.54) is 4.68 Å². The van der Waals surface area contributed by atoms with Gasteiger partial charge in [0.2, 0.25) is 0 Å². The Hall–Kier alpha value is -1.82. The van der Waals surface area contributed by atoms with Crippen LogP contribution in [0.1, 0.15) is 16.1 Å². The minimum Gasteiger partial charge on any atom is -0.477 e. The summed E-state index contributed by atoms with van der Waals surface area (Å²) in [5, 5.41) is 14.9. The molecule has 24 heavy (non-hydrogen) atoms. The van der Waals surface area contributed by atoms with Crippen molar-refractivity contribution in [2.75, 3.05) is 0 Å². The first-order chi connectivity index (χ1) is 11.4. The highest BCUT2D eigenvalue weighted by atomic mass is 79.9. The first-order valence-electron chi connectivity index (χ1n) is 6.95. The lowest BCUT2D eigenvalue weighted by molar-refractivity contribution is 0.0684. The molecule has 4 nitrogen and oxygen atoms in total. The van der Waals surface area contributed by atoms with E-state index < -0.39 is 5.97 Å². The molecule has 1 N–H and O–H groups in total. The maximum Gasteiger partial charge on any atom is 0.354 e. The molecular weight excluding hydrogens is 415 g/mol. The molecular formula is C17H11BrCl2N2O2. The summed E-state index contributed by atoms with van der Waals surface area (Å²) in [7, 11) is 0. The minimum absolute atomic E-state index is 0.0962. The summed E-state index contributed by atoms with van der Waals surface area (Å²) in [5.41, 5.74) is 2.26. The van der Waals surface area contributed by atoms with Crippen LogP contribution in [0.4, 0.5) is 0 Å².